The Kier molecular flexibility index (Phi) is 3.46. The van der Waals surface area contributed by atoms with Gasteiger partial charge in [0.15, 0.2) is 17.5 Å². The maximum absolute atomic E-state index is 9.76. The molecule has 1 aromatic carbocycles. The summed E-state index contributed by atoms with van der Waals surface area (Å²) in [6.07, 6.45) is -0.239. The molecule has 0 bridgehead atoms. The van der Waals surface area contributed by atoms with Gasteiger partial charge < -0.3 is 20.8 Å². The van der Waals surface area contributed by atoms with Crippen LogP contribution in [-0.2, 0) is 6.54 Å². The van der Waals surface area contributed by atoms with E-state index in [-0.39, 0.29) is 17.7 Å². The fourth-order valence-electron chi connectivity index (χ4n) is 1.82. The van der Waals surface area contributed by atoms with E-state index in [0.717, 1.165) is 0 Å². The Labute approximate surface area is 111 Å². The summed E-state index contributed by atoms with van der Waals surface area (Å²) in [7, 11) is 1.81. The lowest BCUT2D eigenvalue weighted by Crippen LogP contribution is -2.48. The predicted molar refractivity (Wildman–Crippen MR) is 72.9 cm³/mol. The number of phenolic OH excluding ortho intramolecular Hbond substituents is 2. The van der Waals surface area contributed by atoms with E-state index in [2.05, 4.69) is 15.3 Å². The highest BCUT2D eigenvalue weighted by Crippen LogP contribution is 2.28. The fourth-order valence-corrected chi connectivity index (χ4v) is 1.82. The summed E-state index contributed by atoms with van der Waals surface area (Å²) in [4.78, 5) is 10.1. The van der Waals surface area contributed by atoms with Gasteiger partial charge in [0.2, 0.25) is 5.96 Å². The first-order chi connectivity index (χ1) is 8.97. The van der Waals surface area contributed by atoms with Crippen LogP contribution in [0, 0.1) is 0 Å². The first kappa shape index (κ1) is 13.0. The molecule has 0 saturated carbocycles. The third-order valence-corrected chi connectivity index (χ3v) is 2.74. The Morgan fingerprint density at radius 1 is 1.37 bits per heavy atom. The number of hydrogen-bond acceptors (Lipinski definition) is 7. The molecule has 1 heterocycles. The number of nitrogens with zero attached hydrogens (tertiary/aromatic N) is 3. The molecule has 0 aromatic heterocycles. The SMILES string of the molecule is CC1N=C(N)NC(N(C)Cc2cccc(O)c2O)=N1. The molecule has 102 valence electrons. The molecule has 19 heavy (non-hydrogen) atoms. The number of nitrogens with one attached hydrogen (secondary N) is 1. The number of guanidine groups is 2. The summed E-state index contributed by atoms with van der Waals surface area (Å²) in [5.41, 5.74) is 6.24. The van der Waals surface area contributed by atoms with E-state index in [9.17, 15) is 10.2 Å². The quantitative estimate of drug-likeness (QED) is 0.568. The van der Waals surface area contributed by atoms with Crippen LogP contribution in [0.3, 0.4) is 0 Å². The molecule has 1 unspecified atom stereocenters. The summed E-state index contributed by atoms with van der Waals surface area (Å²) in [6.45, 7) is 2.21. The second-order valence-electron chi connectivity index (χ2n) is 4.36. The van der Waals surface area contributed by atoms with E-state index in [1.807, 2.05) is 6.92 Å². The van der Waals surface area contributed by atoms with Crippen molar-refractivity contribution in [2.24, 2.45) is 15.7 Å². The lowest BCUT2D eigenvalue weighted by Gasteiger charge is -2.25. The van der Waals surface area contributed by atoms with E-state index >= 15 is 0 Å². The second kappa shape index (κ2) is 5.05. The smallest absolute Gasteiger partial charge is 0.202 e. The third kappa shape index (κ3) is 2.87. The second-order valence-corrected chi connectivity index (χ2v) is 4.36. The number of hydrogen-bond donors (Lipinski definition) is 4. The van der Waals surface area contributed by atoms with Gasteiger partial charge in [0.05, 0.1) is 0 Å². The average molecular weight is 263 g/mol. The molecule has 0 amide bonds. The minimum Gasteiger partial charge on any atom is -0.504 e. The monoisotopic (exact) mass is 263 g/mol. The van der Waals surface area contributed by atoms with E-state index in [1.54, 1.807) is 24.1 Å². The Bertz CT molecular complexity index is 541. The van der Waals surface area contributed by atoms with Crippen molar-refractivity contribution in [1.29, 1.82) is 0 Å². The van der Waals surface area contributed by atoms with Gasteiger partial charge in [-0.25, -0.2) is 9.98 Å². The van der Waals surface area contributed by atoms with Gasteiger partial charge in [-0.15, -0.1) is 0 Å². The summed E-state index contributed by atoms with van der Waals surface area (Å²) >= 11 is 0. The van der Waals surface area contributed by atoms with Gasteiger partial charge in [0, 0.05) is 19.2 Å². The first-order valence-electron chi connectivity index (χ1n) is 5.86. The van der Waals surface area contributed by atoms with Gasteiger partial charge >= 0.3 is 0 Å². The highest BCUT2D eigenvalue weighted by molar-refractivity contribution is 5.99. The van der Waals surface area contributed by atoms with Crippen LogP contribution < -0.4 is 11.1 Å². The molecular weight excluding hydrogens is 246 g/mol. The van der Waals surface area contributed by atoms with Crippen LogP contribution in [-0.4, -0.2) is 40.2 Å². The molecule has 0 fully saturated rings. The Hall–Kier alpha value is -2.44. The summed E-state index contributed by atoms with van der Waals surface area (Å²) in [6, 6.07) is 4.84. The number of phenols is 2. The number of nitrogens with two attached hydrogens (primary N) is 1. The number of rotatable bonds is 2. The predicted octanol–water partition coefficient (Wildman–Crippen LogP) is 0.150. The molecule has 0 saturated heterocycles. The minimum atomic E-state index is -0.239. The Morgan fingerprint density at radius 2 is 2.11 bits per heavy atom. The van der Waals surface area contributed by atoms with Crippen molar-refractivity contribution < 1.29 is 10.2 Å². The van der Waals surface area contributed by atoms with Crippen LogP contribution in [0.1, 0.15) is 12.5 Å². The molecule has 7 heteroatoms. The van der Waals surface area contributed by atoms with Crippen molar-refractivity contribution >= 4 is 11.9 Å². The minimum absolute atomic E-state index is 0.125. The third-order valence-electron chi connectivity index (χ3n) is 2.74. The molecule has 1 aromatic rings. The molecule has 1 atom stereocenters. The van der Waals surface area contributed by atoms with E-state index < -0.39 is 0 Å². The van der Waals surface area contributed by atoms with Gasteiger partial charge in [-0.2, -0.15) is 0 Å². The Balaban J connectivity index is 2.13. The van der Waals surface area contributed by atoms with Gasteiger partial charge in [-0.1, -0.05) is 12.1 Å². The average Bonchev–Trinajstić information content (AvgIpc) is 2.33. The zero-order valence-corrected chi connectivity index (χ0v) is 10.8. The number of para-hydroxylation sites is 1. The molecule has 2 rings (SSSR count). The summed E-state index contributed by atoms with van der Waals surface area (Å²) in [5.74, 6) is 0.617. The van der Waals surface area contributed by atoms with Crippen molar-refractivity contribution in [2.45, 2.75) is 19.6 Å². The molecule has 1 aliphatic heterocycles. The van der Waals surface area contributed by atoms with Crippen molar-refractivity contribution in [3.63, 3.8) is 0 Å². The molecule has 7 nitrogen and oxygen atoms in total. The lowest BCUT2D eigenvalue weighted by molar-refractivity contribution is 0.388. The van der Waals surface area contributed by atoms with Gasteiger partial charge in [-0.3, -0.25) is 5.32 Å². The molecular formula is C12H17N5O2. The Morgan fingerprint density at radius 3 is 2.79 bits per heavy atom. The zero-order valence-electron chi connectivity index (χ0n) is 10.8. The maximum Gasteiger partial charge on any atom is 0.202 e. The summed E-state index contributed by atoms with van der Waals surface area (Å²) < 4.78 is 0. The number of aliphatic imine (C=N–C) groups is 2. The topological polar surface area (TPSA) is 106 Å². The van der Waals surface area contributed by atoms with Crippen molar-refractivity contribution in [1.82, 2.24) is 10.2 Å². The number of aromatic hydroxyl groups is 2. The maximum atomic E-state index is 9.76. The highest BCUT2D eigenvalue weighted by Gasteiger charge is 2.16. The van der Waals surface area contributed by atoms with Crippen LogP contribution in [0.5, 0.6) is 11.5 Å². The molecule has 5 N–H and O–H groups in total. The zero-order chi connectivity index (χ0) is 14.0. The number of benzene rings is 1. The van der Waals surface area contributed by atoms with Crippen molar-refractivity contribution in [2.75, 3.05) is 7.05 Å². The first-order valence-corrected chi connectivity index (χ1v) is 5.86. The molecule has 0 radical (unpaired) electrons. The molecule has 0 aliphatic carbocycles. The van der Waals surface area contributed by atoms with E-state index in [4.69, 9.17) is 5.73 Å². The van der Waals surface area contributed by atoms with Crippen molar-refractivity contribution in [3.8, 4) is 11.5 Å². The van der Waals surface area contributed by atoms with Crippen LogP contribution in [0.4, 0.5) is 0 Å². The van der Waals surface area contributed by atoms with Crippen LogP contribution in [0.25, 0.3) is 0 Å². The van der Waals surface area contributed by atoms with Gasteiger partial charge in [0.1, 0.15) is 6.17 Å². The molecule has 0 spiro atoms. The van der Waals surface area contributed by atoms with Crippen molar-refractivity contribution in [3.05, 3.63) is 23.8 Å². The van der Waals surface area contributed by atoms with E-state index in [1.165, 1.54) is 6.07 Å². The molecule has 1 aliphatic rings. The van der Waals surface area contributed by atoms with Gasteiger partial charge in [0.25, 0.3) is 0 Å². The van der Waals surface area contributed by atoms with Crippen LogP contribution in [0.15, 0.2) is 28.2 Å². The highest BCUT2D eigenvalue weighted by atomic mass is 16.3. The normalized spacial score (nSPS) is 18.3. The van der Waals surface area contributed by atoms with Crippen LogP contribution in [0.2, 0.25) is 0 Å². The largest absolute Gasteiger partial charge is 0.504 e. The van der Waals surface area contributed by atoms with Crippen LogP contribution >= 0.6 is 0 Å². The van der Waals surface area contributed by atoms with Gasteiger partial charge in [-0.05, 0) is 13.0 Å². The van der Waals surface area contributed by atoms with E-state index in [0.29, 0.717) is 24.0 Å². The standard InChI is InChI=1S/C12H17N5O2/c1-7-14-11(13)16-12(15-7)17(2)6-8-4-3-5-9(18)10(8)19/h3-5,7,18-19H,6H2,1-2H3,(H3,13,14,15,16). The fraction of sp³-hybridized carbons (Fsp3) is 0.333. The lowest BCUT2D eigenvalue weighted by atomic mass is 10.2. The summed E-state index contributed by atoms with van der Waals surface area (Å²) in [5, 5.41) is 22.1.